The standard InChI is InChI=1S/C14H18BrN5/c1-10-3-4-11(9-12(10)15)13-17-14(19-18-13)20-7-2-5-16-6-8-20/h3-4,9,16H,2,5-8H2,1H3,(H,17,18,19). The number of H-pyrrole nitrogens is 1. The second kappa shape index (κ2) is 5.93. The van der Waals surface area contributed by atoms with Gasteiger partial charge >= 0.3 is 0 Å². The predicted octanol–water partition coefficient (Wildman–Crippen LogP) is 2.34. The molecule has 2 heterocycles. The van der Waals surface area contributed by atoms with Crippen molar-refractivity contribution < 1.29 is 0 Å². The van der Waals surface area contributed by atoms with Gasteiger partial charge in [-0.3, -0.25) is 5.10 Å². The van der Waals surface area contributed by atoms with Crippen molar-refractivity contribution in [1.82, 2.24) is 20.5 Å². The van der Waals surface area contributed by atoms with E-state index in [-0.39, 0.29) is 0 Å². The zero-order valence-electron chi connectivity index (χ0n) is 11.5. The van der Waals surface area contributed by atoms with Crippen LogP contribution in [-0.2, 0) is 0 Å². The minimum absolute atomic E-state index is 0.792. The van der Waals surface area contributed by atoms with E-state index in [0.29, 0.717) is 0 Å². The molecule has 1 aliphatic heterocycles. The fourth-order valence-corrected chi connectivity index (χ4v) is 2.69. The van der Waals surface area contributed by atoms with Crippen LogP contribution in [0, 0.1) is 6.92 Å². The monoisotopic (exact) mass is 335 g/mol. The van der Waals surface area contributed by atoms with E-state index in [1.165, 1.54) is 5.56 Å². The van der Waals surface area contributed by atoms with Crippen LogP contribution >= 0.6 is 15.9 Å². The summed E-state index contributed by atoms with van der Waals surface area (Å²) in [5.74, 6) is 1.61. The van der Waals surface area contributed by atoms with Crippen molar-refractivity contribution in [3.8, 4) is 11.4 Å². The van der Waals surface area contributed by atoms with Crippen molar-refractivity contribution in [1.29, 1.82) is 0 Å². The maximum absolute atomic E-state index is 4.63. The second-order valence-electron chi connectivity index (χ2n) is 5.04. The molecule has 0 radical (unpaired) electrons. The molecular weight excluding hydrogens is 318 g/mol. The molecule has 0 bridgehead atoms. The Morgan fingerprint density at radius 1 is 1.25 bits per heavy atom. The van der Waals surface area contributed by atoms with E-state index < -0.39 is 0 Å². The first-order valence-electron chi connectivity index (χ1n) is 6.88. The summed E-state index contributed by atoms with van der Waals surface area (Å²) < 4.78 is 1.09. The van der Waals surface area contributed by atoms with Crippen molar-refractivity contribution in [3.05, 3.63) is 28.2 Å². The zero-order chi connectivity index (χ0) is 13.9. The van der Waals surface area contributed by atoms with Gasteiger partial charge in [0.1, 0.15) is 0 Å². The molecule has 3 rings (SSSR count). The van der Waals surface area contributed by atoms with Crippen LogP contribution < -0.4 is 10.2 Å². The summed E-state index contributed by atoms with van der Waals surface area (Å²) in [5, 5.41) is 10.8. The topological polar surface area (TPSA) is 56.8 Å². The molecule has 20 heavy (non-hydrogen) atoms. The van der Waals surface area contributed by atoms with Crippen LogP contribution in [0.1, 0.15) is 12.0 Å². The third-order valence-electron chi connectivity index (χ3n) is 3.54. The lowest BCUT2D eigenvalue weighted by Gasteiger charge is -2.16. The summed E-state index contributed by atoms with van der Waals surface area (Å²) >= 11 is 3.56. The van der Waals surface area contributed by atoms with E-state index >= 15 is 0 Å². The van der Waals surface area contributed by atoms with Gasteiger partial charge in [-0.25, -0.2) is 0 Å². The second-order valence-corrected chi connectivity index (χ2v) is 5.89. The smallest absolute Gasteiger partial charge is 0.245 e. The molecule has 2 N–H and O–H groups in total. The molecule has 5 nitrogen and oxygen atoms in total. The minimum Gasteiger partial charge on any atom is -0.338 e. The molecule has 1 saturated heterocycles. The van der Waals surface area contributed by atoms with Gasteiger partial charge in [0.25, 0.3) is 0 Å². The lowest BCUT2D eigenvalue weighted by molar-refractivity contribution is 0.724. The minimum atomic E-state index is 0.792. The highest BCUT2D eigenvalue weighted by atomic mass is 79.9. The van der Waals surface area contributed by atoms with E-state index in [1.807, 2.05) is 0 Å². The van der Waals surface area contributed by atoms with Gasteiger partial charge < -0.3 is 10.2 Å². The molecule has 0 aliphatic carbocycles. The molecule has 1 aliphatic rings. The Morgan fingerprint density at radius 2 is 2.15 bits per heavy atom. The first kappa shape index (κ1) is 13.6. The molecule has 1 aromatic heterocycles. The van der Waals surface area contributed by atoms with Crippen LogP contribution in [0.5, 0.6) is 0 Å². The molecule has 0 spiro atoms. The van der Waals surface area contributed by atoms with Gasteiger partial charge in [-0.05, 0) is 31.5 Å². The molecule has 1 aromatic carbocycles. The van der Waals surface area contributed by atoms with Crippen LogP contribution in [0.15, 0.2) is 22.7 Å². The molecule has 0 unspecified atom stereocenters. The Labute approximate surface area is 126 Å². The van der Waals surface area contributed by atoms with Crippen molar-refractivity contribution in [2.24, 2.45) is 0 Å². The maximum atomic E-state index is 4.63. The quantitative estimate of drug-likeness (QED) is 0.884. The fourth-order valence-electron chi connectivity index (χ4n) is 2.31. The van der Waals surface area contributed by atoms with E-state index in [9.17, 15) is 0 Å². The summed E-state index contributed by atoms with van der Waals surface area (Å²) in [6, 6.07) is 6.22. The highest BCUT2D eigenvalue weighted by Gasteiger charge is 2.15. The zero-order valence-corrected chi connectivity index (χ0v) is 13.1. The number of anilines is 1. The van der Waals surface area contributed by atoms with Gasteiger partial charge in [0.05, 0.1) is 0 Å². The predicted molar refractivity (Wildman–Crippen MR) is 84.0 cm³/mol. The Morgan fingerprint density at radius 3 is 3.00 bits per heavy atom. The molecule has 106 valence electrons. The summed E-state index contributed by atoms with van der Waals surface area (Å²) in [4.78, 5) is 6.85. The molecule has 0 saturated carbocycles. The van der Waals surface area contributed by atoms with Crippen molar-refractivity contribution in [2.45, 2.75) is 13.3 Å². The number of hydrogen-bond acceptors (Lipinski definition) is 4. The highest BCUT2D eigenvalue weighted by molar-refractivity contribution is 9.10. The van der Waals surface area contributed by atoms with Crippen molar-refractivity contribution >= 4 is 21.9 Å². The SMILES string of the molecule is Cc1ccc(-c2nc(N3CCCNCC3)n[nH]2)cc1Br. The first-order valence-corrected chi connectivity index (χ1v) is 7.68. The number of halogens is 1. The Balaban J connectivity index is 1.83. The molecule has 0 amide bonds. The lowest BCUT2D eigenvalue weighted by Crippen LogP contribution is -2.28. The molecule has 1 fully saturated rings. The van der Waals surface area contributed by atoms with Gasteiger partial charge in [-0.2, -0.15) is 4.98 Å². The molecular formula is C14H18BrN5. The Bertz CT molecular complexity index is 587. The van der Waals surface area contributed by atoms with Crippen LogP contribution in [0.2, 0.25) is 0 Å². The van der Waals surface area contributed by atoms with Crippen molar-refractivity contribution in [2.75, 3.05) is 31.1 Å². The summed E-state index contributed by atoms with van der Waals surface area (Å²) in [6.45, 7) is 6.08. The largest absolute Gasteiger partial charge is 0.338 e. The normalized spacial score (nSPS) is 16.2. The molecule has 6 heteroatoms. The van der Waals surface area contributed by atoms with E-state index in [1.54, 1.807) is 0 Å². The van der Waals surface area contributed by atoms with E-state index in [4.69, 9.17) is 0 Å². The number of benzene rings is 1. The van der Waals surface area contributed by atoms with Crippen molar-refractivity contribution in [3.63, 3.8) is 0 Å². The fraction of sp³-hybridized carbons (Fsp3) is 0.429. The number of aryl methyl sites for hydroxylation is 1. The van der Waals surface area contributed by atoms with Gasteiger partial charge in [0, 0.05) is 29.7 Å². The summed E-state index contributed by atoms with van der Waals surface area (Å²) in [7, 11) is 0. The van der Waals surface area contributed by atoms with E-state index in [2.05, 4.69) is 66.5 Å². The van der Waals surface area contributed by atoms with Gasteiger partial charge in [0.15, 0.2) is 5.82 Å². The summed E-state index contributed by atoms with van der Waals surface area (Å²) in [5.41, 5.74) is 2.27. The number of aromatic nitrogens is 3. The summed E-state index contributed by atoms with van der Waals surface area (Å²) in [6.07, 6.45) is 1.12. The van der Waals surface area contributed by atoms with Crippen LogP contribution in [0.25, 0.3) is 11.4 Å². The highest BCUT2D eigenvalue weighted by Crippen LogP contribution is 2.24. The number of aromatic amines is 1. The van der Waals surface area contributed by atoms with Gasteiger partial charge in [0.2, 0.25) is 5.95 Å². The number of hydrogen-bond donors (Lipinski definition) is 2. The lowest BCUT2D eigenvalue weighted by atomic mass is 10.1. The van der Waals surface area contributed by atoms with Crippen LogP contribution in [-0.4, -0.2) is 41.4 Å². The molecule has 0 atom stereocenters. The van der Waals surface area contributed by atoms with Gasteiger partial charge in [-0.1, -0.05) is 28.1 Å². The Kier molecular flexibility index (Phi) is 4.03. The van der Waals surface area contributed by atoms with E-state index in [0.717, 1.165) is 54.4 Å². The number of nitrogens with zero attached hydrogens (tertiary/aromatic N) is 3. The maximum Gasteiger partial charge on any atom is 0.245 e. The Hall–Kier alpha value is -1.40. The van der Waals surface area contributed by atoms with Crippen LogP contribution in [0.4, 0.5) is 5.95 Å². The average molecular weight is 336 g/mol. The number of nitrogens with one attached hydrogen (secondary N) is 2. The third kappa shape index (κ3) is 2.86. The third-order valence-corrected chi connectivity index (χ3v) is 4.40. The molecule has 2 aromatic rings. The van der Waals surface area contributed by atoms with Crippen LogP contribution in [0.3, 0.4) is 0 Å². The first-order chi connectivity index (χ1) is 9.74. The van der Waals surface area contributed by atoms with Gasteiger partial charge in [-0.15, -0.1) is 5.10 Å². The average Bonchev–Trinajstić information content (AvgIpc) is 2.78. The number of rotatable bonds is 2.